The quantitative estimate of drug-likeness (QED) is 0.252. The molecular formula is C21H23IN4O. The van der Waals surface area contributed by atoms with E-state index in [2.05, 4.69) is 50.2 Å². The normalized spacial score (nSPS) is 14.7. The van der Waals surface area contributed by atoms with E-state index in [0.29, 0.717) is 6.54 Å². The summed E-state index contributed by atoms with van der Waals surface area (Å²) in [6.07, 6.45) is 4.08. The van der Waals surface area contributed by atoms with Crippen molar-refractivity contribution in [3.05, 3.63) is 58.6 Å². The number of allylic oxidation sites excluding steroid dienone is 1. The maximum absolute atomic E-state index is 12.6. The average molecular weight is 474 g/mol. The van der Waals surface area contributed by atoms with Crippen LogP contribution in [-0.2, 0) is 6.54 Å². The molecule has 0 bridgehead atoms. The lowest BCUT2D eigenvalue weighted by Gasteiger charge is -2.18. The highest BCUT2D eigenvalue weighted by molar-refractivity contribution is 14.2. The first-order valence-electron chi connectivity index (χ1n) is 8.93. The van der Waals surface area contributed by atoms with Gasteiger partial charge in [0.05, 0.1) is 15.6 Å². The highest BCUT2D eigenvalue weighted by atomic mass is 127. The predicted molar refractivity (Wildman–Crippen MR) is 123 cm³/mol. The largest absolute Gasteiger partial charge is 0.371 e. The van der Waals surface area contributed by atoms with E-state index < -0.39 is 0 Å². The Morgan fingerprint density at radius 1 is 1.22 bits per heavy atom. The van der Waals surface area contributed by atoms with Crippen molar-refractivity contribution in [1.82, 2.24) is 19.4 Å². The summed E-state index contributed by atoms with van der Waals surface area (Å²) in [5.74, 6) is 0. The first kappa shape index (κ1) is 18.3. The number of rotatable bonds is 4. The molecule has 0 radical (unpaired) electrons. The van der Waals surface area contributed by atoms with Crippen molar-refractivity contribution in [3.63, 3.8) is 0 Å². The van der Waals surface area contributed by atoms with Gasteiger partial charge in [-0.15, -0.1) is 0 Å². The Morgan fingerprint density at radius 3 is 2.85 bits per heavy atom. The fourth-order valence-corrected chi connectivity index (χ4v) is 5.35. The molecule has 3 heterocycles. The van der Waals surface area contributed by atoms with Gasteiger partial charge in [-0.2, -0.15) is 0 Å². The molecule has 3 aromatic rings. The molecule has 0 atom stereocenters. The van der Waals surface area contributed by atoms with Gasteiger partial charge < -0.3 is 14.4 Å². The van der Waals surface area contributed by atoms with Crippen molar-refractivity contribution in [2.24, 2.45) is 0 Å². The van der Waals surface area contributed by atoms with Gasteiger partial charge in [0.25, 0.3) is 5.56 Å². The number of aromatic nitrogens is 2. The van der Waals surface area contributed by atoms with Crippen molar-refractivity contribution in [2.45, 2.75) is 6.54 Å². The molecule has 6 heteroatoms. The number of nitrogens with zero attached hydrogens (tertiary/aromatic N) is 4. The molecule has 4 rings (SSSR count). The van der Waals surface area contributed by atoms with E-state index in [1.807, 2.05) is 30.9 Å². The summed E-state index contributed by atoms with van der Waals surface area (Å²) >= 11 is 0.0602. The van der Waals surface area contributed by atoms with Crippen LogP contribution >= 0.6 is 20.7 Å². The van der Waals surface area contributed by atoms with Gasteiger partial charge in [0.1, 0.15) is 0 Å². The van der Waals surface area contributed by atoms with Crippen LogP contribution in [0.25, 0.3) is 27.4 Å². The molecular weight excluding hydrogens is 451 g/mol. The summed E-state index contributed by atoms with van der Waals surface area (Å²) in [6.45, 7) is 1.48. The smallest absolute Gasteiger partial charge is 0.251 e. The van der Waals surface area contributed by atoms with Gasteiger partial charge in [-0.05, 0) is 41.9 Å². The topological polar surface area (TPSA) is 41.4 Å². The van der Waals surface area contributed by atoms with E-state index in [4.69, 9.17) is 0 Å². The molecule has 0 aliphatic carbocycles. The highest BCUT2D eigenvalue weighted by Crippen LogP contribution is 2.28. The lowest BCUT2D eigenvalue weighted by Crippen LogP contribution is -2.26. The molecule has 0 spiro atoms. The van der Waals surface area contributed by atoms with Gasteiger partial charge in [0.2, 0.25) is 0 Å². The third-order valence-electron chi connectivity index (χ3n) is 4.73. The zero-order valence-electron chi connectivity index (χ0n) is 15.8. The van der Waals surface area contributed by atoms with E-state index in [-0.39, 0.29) is 26.3 Å². The Labute approximate surface area is 168 Å². The minimum Gasteiger partial charge on any atom is -0.371 e. The van der Waals surface area contributed by atoms with Crippen LogP contribution in [0.4, 0.5) is 0 Å². The van der Waals surface area contributed by atoms with Crippen LogP contribution in [0.3, 0.4) is 0 Å². The Morgan fingerprint density at radius 2 is 2.07 bits per heavy atom. The van der Waals surface area contributed by atoms with Crippen molar-refractivity contribution in [1.29, 1.82) is 0 Å². The van der Waals surface area contributed by atoms with Gasteiger partial charge in [0, 0.05) is 54.9 Å². The van der Waals surface area contributed by atoms with Crippen LogP contribution in [-0.4, -0.2) is 55.6 Å². The number of pyridine rings is 2. The third kappa shape index (κ3) is 3.68. The van der Waals surface area contributed by atoms with Crippen LogP contribution in [0.1, 0.15) is 5.56 Å². The molecule has 2 aromatic heterocycles. The number of likely N-dealkylation sites (N-methyl/N-ethyl adjacent to an activating group) is 1. The Hall–Kier alpha value is -2.06. The molecule has 0 saturated carbocycles. The SMILES string of the molecule is CN(C)CCn1c(=O)ccc2cnc3ccc(C4=CN(C)CI=C4)cc3c21. The van der Waals surface area contributed by atoms with Gasteiger partial charge >= 0.3 is 0 Å². The summed E-state index contributed by atoms with van der Waals surface area (Å²) in [7, 11) is 6.18. The zero-order valence-corrected chi connectivity index (χ0v) is 18.0. The van der Waals surface area contributed by atoms with E-state index in [1.54, 1.807) is 6.07 Å². The number of alkyl halides is 1. The van der Waals surface area contributed by atoms with Crippen LogP contribution < -0.4 is 5.56 Å². The summed E-state index contributed by atoms with van der Waals surface area (Å²) in [5.41, 5.74) is 4.41. The molecule has 1 aliphatic heterocycles. The molecule has 27 heavy (non-hydrogen) atoms. The molecule has 0 saturated heterocycles. The molecule has 1 aromatic carbocycles. The zero-order chi connectivity index (χ0) is 19.0. The van der Waals surface area contributed by atoms with E-state index in [0.717, 1.165) is 32.9 Å². The maximum Gasteiger partial charge on any atom is 0.251 e. The highest BCUT2D eigenvalue weighted by Gasteiger charge is 2.11. The van der Waals surface area contributed by atoms with Gasteiger partial charge in [-0.25, -0.2) is 0 Å². The predicted octanol–water partition coefficient (Wildman–Crippen LogP) is 3.13. The standard InChI is InChI=1S/C21H23IN4O/c1-24(2)8-9-26-20(27)7-5-16-12-23-19-6-4-15(10-18(19)21(16)26)17-11-22-14-25(3)13-17/h4-7,10-13H,8-9,14H2,1-3H3. The second-order valence-electron chi connectivity index (χ2n) is 7.14. The summed E-state index contributed by atoms with van der Waals surface area (Å²) in [5, 5.41) is 2.05. The molecule has 1 aliphatic rings. The number of benzene rings is 1. The van der Waals surface area contributed by atoms with Gasteiger partial charge in [-0.3, -0.25) is 9.78 Å². The molecule has 5 nitrogen and oxygen atoms in total. The van der Waals surface area contributed by atoms with Crippen molar-refractivity contribution in [3.8, 4) is 0 Å². The van der Waals surface area contributed by atoms with Crippen LogP contribution in [0, 0.1) is 0 Å². The lowest BCUT2D eigenvalue weighted by molar-refractivity contribution is 0.384. The fraction of sp³-hybridized carbons (Fsp3) is 0.286. The number of hydrogen-bond donors (Lipinski definition) is 0. The average Bonchev–Trinajstić information content (AvgIpc) is 2.66. The lowest BCUT2D eigenvalue weighted by atomic mass is 10.0. The number of halogens is 1. The van der Waals surface area contributed by atoms with Crippen molar-refractivity contribution >= 4 is 52.1 Å². The first-order valence-corrected chi connectivity index (χ1v) is 11.7. The van der Waals surface area contributed by atoms with Crippen LogP contribution in [0.5, 0.6) is 0 Å². The third-order valence-corrected chi connectivity index (χ3v) is 7.31. The molecule has 0 unspecified atom stereocenters. The number of fused-ring (bicyclic) bond motifs is 3. The monoisotopic (exact) mass is 474 g/mol. The minimum absolute atomic E-state index is 0.0382. The maximum atomic E-state index is 12.6. The number of hydrogen-bond acceptors (Lipinski definition) is 4. The van der Waals surface area contributed by atoms with Crippen molar-refractivity contribution < 1.29 is 0 Å². The summed E-state index contributed by atoms with van der Waals surface area (Å²) in [4.78, 5) is 21.6. The van der Waals surface area contributed by atoms with Gasteiger partial charge in [0.15, 0.2) is 0 Å². The van der Waals surface area contributed by atoms with E-state index in [1.165, 1.54) is 11.1 Å². The Balaban J connectivity index is 1.95. The summed E-state index contributed by atoms with van der Waals surface area (Å²) in [6, 6.07) is 9.93. The Bertz CT molecular complexity index is 1130. The second-order valence-corrected chi connectivity index (χ2v) is 9.33. The van der Waals surface area contributed by atoms with Gasteiger partial charge in [-0.1, -0.05) is 26.8 Å². The molecule has 140 valence electrons. The molecule has 0 amide bonds. The van der Waals surface area contributed by atoms with Crippen LogP contribution in [0.2, 0.25) is 0 Å². The van der Waals surface area contributed by atoms with Crippen LogP contribution in [0.15, 0.2) is 47.5 Å². The second kappa shape index (κ2) is 7.52. The van der Waals surface area contributed by atoms with E-state index in [9.17, 15) is 4.79 Å². The van der Waals surface area contributed by atoms with E-state index >= 15 is 0 Å². The Kier molecular flexibility index (Phi) is 5.10. The summed E-state index contributed by atoms with van der Waals surface area (Å²) < 4.78 is 5.43. The van der Waals surface area contributed by atoms with Crippen molar-refractivity contribution in [2.75, 3.05) is 32.2 Å². The fourth-order valence-electron chi connectivity index (χ4n) is 3.34. The minimum atomic E-state index is 0.0382. The molecule has 0 N–H and O–H groups in total. The molecule has 0 fully saturated rings. The first-order chi connectivity index (χ1) is 13.0.